The molecule has 0 atom stereocenters. The monoisotopic (exact) mass is 328 g/mol. The lowest BCUT2D eigenvalue weighted by atomic mass is 10.0. The molecule has 3 rings (SSSR count). The minimum atomic E-state index is -0.574. The van der Waals surface area contributed by atoms with Gasteiger partial charge in [-0.25, -0.2) is 14.2 Å². The summed E-state index contributed by atoms with van der Waals surface area (Å²) < 4.78 is 18.5. The molecule has 8 heteroatoms. The fraction of sp³-hybridized carbons (Fsp3) is 0.125. The number of pyridine rings is 1. The Kier molecular flexibility index (Phi) is 3.95. The number of esters is 1. The lowest BCUT2D eigenvalue weighted by molar-refractivity contribution is 0.0525. The number of nitrogens with two attached hydrogens (primary N) is 1. The summed E-state index contributed by atoms with van der Waals surface area (Å²) in [6, 6.07) is 3.83. The number of hydrogen-bond donors (Lipinski definition) is 2. The topological polar surface area (TPSA) is 111 Å². The molecule has 0 aliphatic carbocycles. The molecule has 0 aliphatic heterocycles. The molecular formula is C16H13FN4O3. The van der Waals surface area contributed by atoms with Crippen LogP contribution in [-0.2, 0) is 4.74 Å². The number of ether oxygens (including phenoxy) is 1. The molecule has 0 spiro atoms. The summed E-state index contributed by atoms with van der Waals surface area (Å²) in [6.45, 7) is 1.89. The number of ketones is 1. The molecule has 0 unspecified atom stereocenters. The predicted molar refractivity (Wildman–Crippen MR) is 84.1 cm³/mol. The third-order valence-electron chi connectivity index (χ3n) is 3.45. The van der Waals surface area contributed by atoms with Gasteiger partial charge in [0.15, 0.2) is 0 Å². The predicted octanol–water partition coefficient (Wildman–Crippen LogP) is 2.09. The van der Waals surface area contributed by atoms with Crippen molar-refractivity contribution in [3.8, 4) is 0 Å². The van der Waals surface area contributed by atoms with E-state index in [0.717, 1.165) is 6.07 Å². The second kappa shape index (κ2) is 6.07. The SMILES string of the molecule is CCOC(=O)c1cnc(C(=O)c2ccc(F)c3[nH]ncc23)c(N)c1. The van der Waals surface area contributed by atoms with Crippen LogP contribution in [0.1, 0.15) is 33.3 Å². The third-order valence-corrected chi connectivity index (χ3v) is 3.45. The van der Waals surface area contributed by atoms with E-state index < -0.39 is 17.6 Å². The number of carbonyl (C=O) groups is 2. The minimum Gasteiger partial charge on any atom is -0.462 e. The molecule has 3 aromatic rings. The molecule has 24 heavy (non-hydrogen) atoms. The van der Waals surface area contributed by atoms with Crippen LogP contribution in [0.3, 0.4) is 0 Å². The Labute approximate surface area is 135 Å². The lowest BCUT2D eigenvalue weighted by Gasteiger charge is -2.07. The Morgan fingerprint density at radius 1 is 1.33 bits per heavy atom. The number of aromatic nitrogens is 3. The van der Waals surface area contributed by atoms with Crippen molar-refractivity contribution in [3.05, 3.63) is 53.2 Å². The van der Waals surface area contributed by atoms with Crippen LogP contribution in [0.5, 0.6) is 0 Å². The maximum Gasteiger partial charge on any atom is 0.339 e. The van der Waals surface area contributed by atoms with E-state index in [1.807, 2.05) is 0 Å². The van der Waals surface area contributed by atoms with Crippen molar-refractivity contribution >= 4 is 28.3 Å². The van der Waals surface area contributed by atoms with Crippen LogP contribution in [0.25, 0.3) is 10.9 Å². The highest BCUT2D eigenvalue weighted by Gasteiger charge is 2.20. The average Bonchev–Trinajstić information content (AvgIpc) is 3.05. The summed E-state index contributed by atoms with van der Waals surface area (Å²) in [5.74, 6) is -1.58. The molecule has 2 heterocycles. The van der Waals surface area contributed by atoms with Gasteiger partial charge in [-0.05, 0) is 25.1 Å². The van der Waals surface area contributed by atoms with Gasteiger partial charge in [0.25, 0.3) is 0 Å². The van der Waals surface area contributed by atoms with Gasteiger partial charge in [0.2, 0.25) is 5.78 Å². The van der Waals surface area contributed by atoms with Crippen LogP contribution in [0.4, 0.5) is 10.1 Å². The first kappa shape index (κ1) is 15.6. The molecule has 0 saturated carbocycles. The third kappa shape index (κ3) is 2.58. The van der Waals surface area contributed by atoms with Crippen molar-refractivity contribution in [2.24, 2.45) is 0 Å². The van der Waals surface area contributed by atoms with E-state index in [0.29, 0.717) is 5.39 Å². The Hall–Kier alpha value is -3.29. The zero-order chi connectivity index (χ0) is 17.3. The molecule has 0 bridgehead atoms. The molecule has 0 fully saturated rings. The Morgan fingerprint density at radius 2 is 2.12 bits per heavy atom. The number of hydrogen-bond acceptors (Lipinski definition) is 6. The van der Waals surface area contributed by atoms with Gasteiger partial charge in [-0.3, -0.25) is 9.89 Å². The second-order valence-corrected chi connectivity index (χ2v) is 4.97. The number of aromatic amines is 1. The van der Waals surface area contributed by atoms with Crippen LogP contribution in [0.2, 0.25) is 0 Å². The Morgan fingerprint density at radius 3 is 2.83 bits per heavy atom. The molecule has 0 aliphatic rings. The van der Waals surface area contributed by atoms with Crippen LogP contribution in [-0.4, -0.2) is 33.5 Å². The number of anilines is 1. The number of carbonyl (C=O) groups excluding carboxylic acids is 2. The van der Waals surface area contributed by atoms with E-state index in [9.17, 15) is 14.0 Å². The number of nitrogen functional groups attached to an aromatic ring is 1. The van der Waals surface area contributed by atoms with Crippen molar-refractivity contribution < 1.29 is 18.7 Å². The molecule has 0 amide bonds. The van der Waals surface area contributed by atoms with Crippen molar-refractivity contribution in [3.63, 3.8) is 0 Å². The van der Waals surface area contributed by atoms with Gasteiger partial charge in [-0.1, -0.05) is 0 Å². The van der Waals surface area contributed by atoms with Gasteiger partial charge in [0, 0.05) is 17.1 Å². The van der Waals surface area contributed by atoms with E-state index in [2.05, 4.69) is 15.2 Å². The van der Waals surface area contributed by atoms with Gasteiger partial charge < -0.3 is 10.5 Å². The van der Waals surface area contributed by atoms with E-state index in [-0.39, 0.29) is 34.6 Å². The summed E-state index contributed by atoms with van der Waals surface area (Å²) in [5.41, 5.74) is 6.35. The number of halogens is 1. The lowest BCUT2D eigenvalue weighted by Crippen LogP contribution is -2.12. The minimum absolute atomic E-state index is 0.0304. The number of fused-ring (bicyclic) bond motifs is 1. The number of nitrogens with one attached hydrogen (secondary N) is 1. The fourth-order valence-electron chi connectivity index (χ4n) is 2.33. The summed E-state index contributed by atoms with van der Waals surface area (Å²) in [7, 11) is 0. The van der Waals surface area contributed by atoms with Crippen LogP contribution < -0.4 is 5.73 Å². The van der Waals surface area contributed by atoms with Crippen molar-refractivity contribution in [2.45, 2.75) is 6.92 Å². The summed E-state index contributed by atoms with van der Waals surface area (Å²) in [5, 5.41) is 6.58. The van der Waals surface area contributed by atoms with Gasteiger partial charge >= 0.3 is 5.97 Å². The standard InChI is InChI=1S/C16H13FN4O3/c1-2-24-16(23)8-5-12(18)14(19-6-8)15(22)9-3-4-11(17)13-10(9)7-20-21-13/h3-7H,2,18H2,1H3,(H,20,21). The van der Waals surface area contributed by atoms with E-state index in [1.54, 1.807) is 6.92 Å². The first-order chi connectivity index (χ1) is 11.5. The van der Waals surface area contributed by atoms with Gasteiger partial charge in [0.1, 0.15) is 17.0 Å². The van der Waals surface area contributed by atoms with Crippen LogP contribution in [0.15, 0.2) is 30.6 Å². The second-order valence-electron chi connectivity index (χ2n) is 4.97. The molecule has 2 aromatic heterocycles. The molecular weight excluding hydrogens is 315 g/mol. The normalized spacial score (nSPS) is 10.8. The number of H-pyrrole nitrogens is 1. The zero-order valence-corrected chi connectivity index (χ0v) is 12.7. The van der Waals surface area contributed by atoms with E-state index in [1.165, 1.54) is 24.5 Å². The number of benzene rings is 1. The van der Waals surface area contributed by atoms with Crippen molar-refractivity contribution in [1.82, 2.24) is 15.2 Å². The molecule has 0 saturated heterocycles. The van der Waals surface area contributed by atoms with Crippen LogP contribution in [0, 0.1) is 5.82 Å². The van der Waals surface area contributed by atoms with Crippen molar-refractivity contribution in [2.75, 3.05) is 12.3 Å². The van der Waals surface area contributed by atoms with Gasteiger partial charge in [0.05, 0.1) is 24.1 Å². The largest absolute Gasteiger partial charge is 0.462 e. The van der Waals surface area contributed by atoms with Crippen molar-refractivity contribution in [1.29, 1.82) is 0 Å². The average molecular weight is 328 g/mol. The number of nitrogens with zero attached hydrogens (tertiary/aromatic N) is 2. The fourth-order valence-corrected chi connectivity index (χ4v) is 2.33. The Balaban J connectivity index is 2.02. The molecule has 0 radical (unpaired) electrons. The highest BCUT2D eigenvalue weighted by molar-refractivity contribution is 6.17. The van der Waals surface area contributed by atoms with E-state index >= 15 is 0 Å². The molecule has 1 aromatic carbocycles. The van der Waals surface area contributed by atoms with Gasteiger partial charge in [-0.15, -0.1) is 0 Å². The zero-order valence-electron chi connectivity index (χ0n) is 12.7. The maximum absolute atomic E-state index is 13.7. The highest BCUT2D eigenvalue weighted by atomic mass is 19.1. The molecule has 7 nitrogen and oxygen atoms in total. The first-order valence-corrected chi connectivity index (χ1v) is 7.11. The van der Waals surface area contributed by atoms with E-state index in [4.69, 9.17) is 10.5 Å². The smallest absolute Gasteiger partial charge is 0.339 e. The van der Waals surface area contributed by atoms with Gasteiger partial charge in [-0.2, -0.15) is 5.10 Å². The highest BCUT2D eigenvalue weighted by Crippen LogP contribution is 2.24. The maximum atomic E-state index is 13.7. The Bertz CT molecular complexity index is 952. The summed E-state index contributed by atoms with van der Waals surface area (Å²) in [4.78, 5) is 28.3. The molecule has 122 valence electrons. The summed E-state index contributed by atoms with van der Waals surface area (Å²) in [6.07, 6.45) is 2.58. The quantitative estimate of drug-likeness (QED) is 0.560. The molecule has 3 N–H and O–H groups in total. The number of rotatable bonds is 4. The summed E-state index contributed by atoms with van der Waals surface area (Å²) >= 11 is 0. The van der Waals surface area contributed by atoms with Crippen LogP contribution >= 0.6 is 0 Å². The first-order valence-electron chi connectivity index (χ1n) is 7.11.